The van der Waals surface area contributed by atoms with Gasteiger partial charge in [-0.25, -0.2) is 0 Å². The molecule has 0 bridgehead atoms. The van der Waals surface area contributed by atoms with Crippen LogP contribution in [0.25, 0.3) is 11.1 Å². The number of nitrogens with zero attached hydrogens (tertiary/aromatic N) is 1. The fraction of sp³-hybridized carbons (Fsp3) is 0.486. The minimum atomic E-state index is -0.188. The highest BCUT2D eigenvalue weighted by molar-refractivity contribution is 5.98. The molecular formula is C35H47N5O3. The van der Waals surface area contributed by atoms with Crippen molar-refractivity contribution in [1.29, 1.82) is 0 Å². The van der Waals surface area contributed by atoms with Crippen molar-refractivity contribution in [1.82, 2.24) is 20.5 Å². The Bertz CT molecular complexity index is 1460. The van der Waals surface area contributed by atoms with Crippen LogP contribution in [-0.2, 0) is 17.8 Å². The normalized spacial score (nSPS) is 19.5. The zero-order valence-corrected chi connectivity index (χ0v) is 26.1. The molecule has 5 rings (SSSR count). The van der Waals surface area contributed by atoms with Crippen molar-refractivity contribution in [3.63, 3.8) is 0 Å². The van der Waals surface area contributed by atoms with Crippen LogP contribution in [0.4, 0.5) is 5.69 Å². The molecule has 2 unspecified atom stereocenters. The molecule has 2 aliphatic rings. The number of H-pyrrole nitrogens is 1. The van der Waals surface area contributed by atoms with Gasteiger partial charge in [0.15, 0.2) is 0 Å². The van der Waals surface area contributed by atoms with E-state index in [4.69, 9.17) is 4.74 Å². The van der Waals surface area contributed by atoms with Gasteiger partial charge in [-0.05, 0) is 106 Å². The Hall–Kier alpha value is -3.46. The minimum Gasteiger partial charge on any atom is -0.382 e. The number of anilines is 1. The maximum Gasteiger partial charge on any atom is 0.253 e. The average molecular weight is 586 g/mol. The number of rotatable bonds is 9. The predicted octanol–water partition coefficient (Wildman–Crippen LogP) is 5.06. The molecule has 2 aromatic carbocycles. The molecule has 2 atom stereocenters. The Balaban J connectivity index is 1.41. The molecule has 0 radical (unpaired) electrons. The monoisotopic (exact) mass is 585 g/mol. The summed E-state index contributed by atoms with van der Waals surface area (Å²) in [6.07, 6.45) is 4.28. The van der Waals surface area contributed by atoms with Crippen molar-refractivity contribution in [2.75, 3.05) is 38.1 Å². The summed E-state index contributed by atoms with van der Waals surface area (Å²) in [5.74, 6) is -0.188. The molecule has 8 nitrogen and oxygen atoms in total. The number of aromatic amines is 1. The van der Waals surface area contributed by atoms with Gasteiger partial charge in [-0.3, -0.25) is 14.5 Å². The van der Waals surface area contributed by atoms with Crippen molar-refractivity contribution in [2.45, 2.75) is 78.6 Å². The van der Waals surface area contributed by atoms with E-state index >= 15 is 0 Å². The Morgan fingerprint density at radius 2 is 1.86 bits per heavy atom. The van der Waals surface area contributed by atoms with Crippen molar-refractivity contribution < 1.29 is 9.53 Å². The molecule has 2 saturated heterocycles. The van der Waals surface area contributed by atoms with Gasteiger partial charge in [-0.1, -0.05) is 31.2 Å². The standard InChI is InChI=1S/C35H47N5O3/c1-5-30-20-29(11-16-43-30)39-33-19-28(27-9-7-26(8-10-27)22-40-14-6-12-36-13-15-40)18-31(25(33)4)34(41)37-21-32-23(2)17-24(3)38-35(32)42/h7-10,17-19,29-30,36,39H,5-6,11-16,20-22H2,1-4H3,(H,37,41)(H,38,42). The second kappa shape index (κ2) is 14.3. The molecule has 0 saturated carbocycles. The third-order valence-electron chi connectivity index (χ3n) is 8.88. The first-order chi connectivity index (χ1) is 20.8. The van der Waals surface area contributed by atoms with Crippen LogP contribution in [0.2, 0.25) is 0 Å². The largest absolute Gasteiger partial charge is 0.382 e. The first-order valence-electron chi connectivity index (χ1n) is 15.8. The second-order valence-corrected chi connectivity index (χ2v) is 12.2. The van der Waals surface area contributed by atoms with Crippen LogP contribution in [0.5, 0.6) is 0 Å². The summed E-state index contributed by atoms with van der Waals surface area (Å²) in [4.78, 5) is 31.6. The number of carbonyl (C=O) groups excluding carboxylic acids is 1. The van der Waals surface area contributed by atoms with E-state index in [2.05, 4.69) is 63.1 Å². The van der Waals surface area contributed by atoms with Gasteiger partial charge in [0.2, 0.25) is 0 Å². The summed E-state index contributed by atoms with van der Waals surface area (Å²) in [6, 6.07) is 15.1. The summed E-state index contributed by atoms with van der Waals surface area (Å²) in [5.41, 5.74) is 7.94. The van der Waals surface area contributed by atoms with Crippen LogP contribution in [0.3, 0.4) is 0 Å². The molecule has 2 fully saturated rings. The number of carbonyl (C=O) groups is 1. The summed E-state index contributed by atoms with van der Waals surface area (Å²) >= 11 is 0. The number of aromatic nitrogens is 1. The maximum atomic E-state index is 13.7. The van der Waals surface area contributed by atoms with Gasteiger partial charge in [-0.2, -0.15) is 0 Å². The number of benzene rings is 2. The Kier molecular flexibility index (Phi) is 10.3. The van der Waals surface area contributed by atoms with Crippen molar-refractivity contribution in [2.24, 2.45) is 0 Å². The fourth-order valence-corrected chi connectivity index (χ4v) is 6.27. The highest BCUT2D eigenvalue weighted by Crippen LogP contribution is 2.31. The van der Waals surface area contributed by atoms with Crippen LogP contribution >= 0.6 is 0 Å². The topological polar surface area (TPSA) is 98.5 Å². The van der Waals surface area contributed by atoms with Gasteiger partial charge in [0.1, 0.15) is 0 Å². The van der Waals surface area contributed by atoms with E-state index in [-0.39, 0.29) is 30.2 Å². The van der Waals surface area contributed by atoms with Crippen molar-refractivity contribution >= 4 is 11.6 Å². The predicted molar refractivity (Wildman–Crippen MR) is 174 cm³/mol. The Morgan fingerprint density at radius 1 is 1.05 bits per heavy atom. The number of aryl methyl sites for hydroxylation is 2. The number of nitrogens with one attached hydrogen (secondary N) is 4. The molecule has 3 aromatic rings. The fourth-order valence-electron chi connectivity index (χ4n) is 6.27. The molecule has 4 N–H and O–H groups in total. The van der Waals surface area contributed by atoms with Gasteiger partial charge < -0.3 is 25.7 Å². The Labute approximate surface area is 255 Å². The van der Waals surface area contributed by atoms with Crippen LogP contribution in [0.1, 0.15) is 70.9 Å². The lowest BCUT2D eigenvalue weighted by atomic mass is 9.95. The first kappa shape index (κ1) is 31.0. The number of amides is 1. The van der Waals surface area contributed by atoms with E-state index in [0.29, 0.717) is 11.1 Å². The van der Waals surface area contributed by atoms with Gasteiger partial charge in [0.25, 0.3) is 11.5 Å². The minimum absolute atomic E-state index is 0.160. The third kappa shape index (κ3) is 7.93. The molecule has 1 aromatic heterocycles. The summed E-state index contributed by atoms with van der Waals surface area (Å²) in [7, 11) is 0. The molecule has 1 amide bonds. The highest BCUT2D eigenvalue weighted by Gasteiger charge is 2.23. The average Bonchev–Trinajstić information content (AvgIpc) is 3.26. The van der Waals surface area contributed by atoms with Crippen molar-refractivity contribution in [3.05, 3.63) is 86.3 Å². The smallest absolute Gasteiger partial charge is 0.253 e. The van der Waals surface area contributed by atoms with E-state index in [9.17, 15) is 9.59 Å². The molecule has 2 aliphatic heterocycles. The molecule has 0 spiro atoms. The molecule has 0 aliphatic carbocycles. The summed E-state index contributed by atoms with van der Waals surface area (Å²) in [5, 5.41) is 10.3. The SMILES string of the molecule is CCC1CC(Nc2cc(-c3ccc(CN4CCCNCC4)cc3)cc(C(=O)NCc3c(C)cc(C)[nH]c3=O)c2C)CCO1. The molecular weight excluding hydrogens is 538 g/mol. The van der Waals surface area contributed by atoms with E-state index in [1.807, 2.05) is 32.9 Å². The zero-order chi connectivity index (χ0) is 30.3. The molecule has 230 valence electrons. The molecule has 3 heterocycles. The first-order valence-corrected chi connectivity index (χ1v) is 15.8. The van der Waals surface area contributed by atoms with E-state index in [1.54, 1.807) is 0 Å². The lowest BCUT2D eigenvalue weighted by Crippen LogP contribution is -2.34. The number of ether oxygens (including phenoxy) is 1. The van der Waals surface area contributed by atoms with E-state index in [0.717, 1.165) is 92.2 Å². The maximum absolute atomic E-state index is 13.7. The van der Waals surface area contributed by atoms with Crippen LogP contribution in [-0.4, -0.2) is 60.7 Å². The van der Waals surface area contributed by atoms with Crippen molar-refractivity contribution in [3.8, 4) is 11.1 Å². The number of hydrogen-bond donors (Lipinski definition) is 4. The van der Waals surface area contributed by atoms with Crippen LogP contribution < -0.4 is 21.5 Å². The Morgan fingerprint density at radius 3 is 2.63 bits per heavy atom. The lowest BCUT2D eigenvalue weighted by Gasteiger charge is -2.31. The van der Waals surface area contributed by atoms with Gasteiger partial charge in [0, 0.05) is 61.3 Å². The molecule has 43 heavy (non-hydrogen) atoms. The van der Waals surface area contributed by atoms with Gasteiger partial charge in [0.05, 0.1) is 6.10 Å². The third-order valence-corrected chi connectivity index (χ3v) is 8.88. The number of pyridine rings is 1. The van der Waals surface area contributed by atoms with E-state index < -0.39 is 0 Å². The lowest BCUT2D eigenvalue weighted by molar-refractivity contribution is 0.00924. The van der Waals surface area contributed by atoms with E-state index in [1.165, 1.54) is 12.0 Å². The van der Waals surface area contributed by atoms with Gasteiger partial charge in [-0.15, -0.1) is 0 Å². The van der Waals surface area contributed by atoms with Crippen LogP contribution in [0.15, 0.2) is 47.3 Å². The van der Waals surface area contributed by atoms with Gasteiger partial charge >= 0.3 is 0 Å². The number of hydrogen-bond acceptors (Lipinski definition) is 6. The highest BCUT2D eigenvalue weighted by atomic mass is 16.5. The zero-order valence-electron chi connectivity index (χ0n) is 26.1. The van der Waals surface area contributed by atoms with Crippen LogP contribution in [0, 0.1) is 20.8 Å². The summed E-state index contributed by atoms with van der Waals surface area (Å²) in [6.45, 7) is 14.1. The second-order valence-electron chi connectivity index (χ2n) is 12.2. The molecule has 8 heteroatoms. The quantitative estimate of drug-likeness (QED) is 0.280. The summed E-state index contributed by atoms with van der Waals surface area (Å²) < 4.78 is 5.91.